The van der Waals surface area contributed by atoms with Gasteiger partial charge >= 0.3 is 0 Å². The van der Waals surface area contributed by atoms with Crippen LogP contribution in [0.3, 0.4) is 0 Å². The first-order chi connectivity index (χ1) is 8.19. The van der Waals surface area contributed by atoms with Crippen LogP contribution in [0, 0.1) is 11.7 Å². The molecule has 0 atom stereocenters. The Kier molecular flexibility index (Phi) is 4.83. The van der Waals surface area contributed by atoms with Crippen LogP contribution < -0.4 is 0 Å². The fraction of sp³-hybridized carbons (Fsp3) is 0.538. The molecular formula is C13H16BrClFN. The molecule has 0 N–H and O–H groups in total. The molecule has 0 amide bonds. The summed E-state index contributed by atoms with van der Waals surface area (Å²) >= 11 is 9.31. The molecule has 1 nitrogen and oxygen atoms in total. The van der Waals surface area contributed by atoms with Crippen molar-refractivity contribution in [2.24, 2.45) is 5.92 Å². The number of hydrogen-bond donors (Lipinski definition) is 0. The molecule has 0 radical (unpaired) electrons. The van der Waals surface area contributed by atoms with Crippen molar-refractivity contribution in [3.05, 3.63) is 34.6 Å². The topological polar surface area (TPSA) is 3.24 Å². The van der Waals surface area contributed by atoms with Crippen molar-refractivity contribution in [2.45, 2.75) is 19.4 Å². The highest BCUT2D eigenvalue weighted by Crippen LogP contribution is 2.22. The van der Waals surface area contributed by atoms with E-state index >= 15 is 0 Å². The van der Waals surface area contributed by atoms with Gasteiger partial charge < -0.3 is 0 Å². The van der Waals surface area contributed by atoms with Gasteiger partial charge in [-0.05, 0) is 49.5 Å². The molecule has 0 bridgehead atoms. The Morgan fingerprint density at radius 1 is 1.35 bits per heavy atom. The van der Waals surface area contributed by atoms with E-state index in [0.29, 0.717) is 0 Å². The average molecular weight is 321 g/mol. The molecule has 1 fully saturated rings. The van der Waals surface area contributed by atoms with E-state index in [1.807, 2.05) is 6.07 Å². The van der Waals surface area contributed by atoms with E-state index in [1.165, 1.54) is 18.9 Å². The third-order valence-corrected chi connectivity index (χ3v) is 4.52. The van der Waals surface area contributed by atoms with Crippen molar-refractivity contribution in [2.75, 3.05) is 18.4 Å². The Bertz CT molecular complexity index is 378. The minimum Gasteiger partial charge on any atom is -0.299 e. The summed E-state index contributed by atoms with van der Waals surface area (Å²) < 4.78 is 13.0. The number of piperidine rings is 1. The van der Waals surface area contributed by atoms with E-state index in [1.54, 1.807) is 6.07 Å². The zero-order valence-electron chi connectivity index (χ0n) is 9.63. The van der Waals surface area contributed by atoms with Gasteiger partial charge in [-0.1, -0.05) is 33.6 Å². The maximum atomic E-state index is 13.0. The van der Waals surface area contributed by atoms with Crippen molar-refractivity contribution < 1.29 is 4.39 Å². The number of benzene rings is 1. The van der Waals surface area contributed by atoms with Crippen LogP contribution in [0.5, 0.6) is 0 Å². The summed E-state index contributed by atoms with van der Waals surface area (Å²) in [7, 11) is 0. The molecule has 0 saturated carbocycles. The highest BCUT2D eigenvalue weighted by molar-refractivity contribution is 9.09. The third kappa shape index (κ3) is 3.67. The minimum absolute atomic E-state index is 0.220. The van der Waals surface area contributed by atoms with Crippen LogP contribution >= 0.6 is 27.5 Å². The maximum absolute atomic E-state index is 13.0. The summed E-state index contributed by atoms with van der Waals surface area (Å²) in [6.07, 6.45) is 2.47. The average Bonchev–Trinajstić information content (AvgIpc) is 2.35. The van der Waals surface area contributed by atoms with Crippen molar-refractivity contribution in [1.82, 2.24) is 4.90 Å². The van der Waals surface area contributed by atoms with Gasteiger partial charge in [0, 0.05) is 11.9 Å². The van der Waals surface area contributed by atoms with Crippen LogP contribution in [0.4, 0.5) is 4.39 Å². The summed E-state index contributed by atoms with van der Waals surface area (Å²) in [6, 6.07) is 4.99. The molecule has 0 unspecified atom stereocenters. The third-order valence-electron chi connectivity index (χ3n) is 3.32. The molecular weight excluding hydrogens is 305 g/mol. The number of alkyl halides is 1. The summed E-state index contributed by atoms with van der Waals surface area (Å²) in [5, 5.41) is 1.32. The second kappa shape index (κ2) is 6.17. The Morgan fingerprint density at radius 3 is 2.65 bits per heavy atom. The predicted molar refractivity (Wildman–Crippen MR) is 73.2 cm³/mol. The van der Waals surface area contributed by atoms with Gasteiger partial charge in [0.25, 0.3) is 0 Å². The van der Waals surface area contributed by atoms with E-state index < -0.39 is 0 Å². The first kappa shape index (κ1) is 13.3. The Balaban J connectivity index is 1.91. The van der Waals surface area contributed by atoms with Gasteiger partial charge in [0.15, 0.2) is 0 Å². The van der Waals surface area contributed by atoms with E-state index in [-0.39, 0.29) is 10.8 Å². The van der Waals surface area contributed by atoms with Gasteiger partial charge in [0.1, 0.15) is 5.82 Å². The lowest BCUT2D eigenvalue weighted by Crippen LogP contribution is -2.33. The van der Waals surface area contributed by atoms with Crippen LogP contribution in [0.2, 0.25) is 5.02 Å². The predicted octanol–water partition coefficient (Wildman–Crippen LogP) is 4.09. The molecule has 1 saturated heterocycles. The largest absolute Gasteiger partial charge is 0.299 e. The van der Waals surface area contributed by atoms with Gasteiger partial charge in [0.05, 0.1) is 5.02 Å². The summed E-state index contributed by atoms with van der Waals surface area (Å²) in [4.78, 5) is 2.41. The molecule has 1 aromatic carbocycles. The summed E-state index contributed by atoms with van der Waals surface area (Å²) in [6.45, 7) is 3.10. The monoisotopic (exact) mass is 319 g/mol. The molecule has 1 aromatic rings. The maximum Gasteiger partial charge on any atom is 0.141 e. The molecule has 0 aromatic heterocycles. The smallest absolute Gasteiger partial charge is 0.141 e. The highest BCUT2D eigenvalue weighted by atomic mass is 79.9. The lowest BCUT2D eigenvalue weighted by molar-refractivity contribution is 0.187. The normalized spacial score (nSPS) is 18.5. The lowest BCUT2D eigenvalue weighted by atomic mass is 9.99. The molecule has 17 heavy (non-hydrogen) atoms. The zero-order valence-corrected chi connectivity index (χ0v) is 12.0. The van der Waals surface area contributed by atoms with Crippen LogP contribution in [0.25, 0.3) is 0 Å². The van der Waals surface area contributed by atoms with Crippen molar-refractivity contribution in [1.29, 1.82) is 0 Å². The molecule has 1 heterocycles. The molecule has 1 aliphatic rings. The SMILES string of the molecule is Fc1ccc(CN2CCC(CBr)CC2)cc1Cl. The second-order valence-corrected chi connectivity index (χ2v) is 5.68. The van der Waals surface area contributed by atoms with Crippen LogP contribution in [-0.4, -0.2) is 23.3 Å². The van der Waals surface area contributed by atoms with Gasteiger partial charge in [-0.2, -0.15) is 0 Å². The van der Waals surface area contributed by atoms with Gasteiger partial charge in [0.2, 0.25) is 0 Å². The van der Waals surface area contributed by atoms with Crippen molar-refractivity contribution in [3.63, 3.8) is 0 Å². The van der Waals surface area contributed by atoms with Crippen LogP contribution in [-0.2, 0) is 6.54 Å². The van der Waals surface area contributed by atoms with Crippen LogP contribution in [0.1, 0.15) is 18.4 Å². The minimum atomic E-state index is -0.339. The first-order valence-corrected chi connectivity index (χ1v) is 7.41. The van der Waals surface area contributed by atoms with Gasteiger partial charge in [-0.15, -0.1) is 0 Å². The van der Waals surface area contributed by atoms with Gasteiger partial charge in [-0.25, -0.2) is 4.39 Å². The van der Waals surface area contributed by atoms with E-state index in [4.69, 9.17) is 11.6 Å². The number of rotatable bonds is 3. The van der Waals surface area contributed by atoms with Crippen molar-refractivity contribution in [3.8, 4) is 0 Å². The fourth-order valence-electron chi connectivity index (χ4n) is 2.20. The molecule has 2 rings (SSSR count). The number of likely N-dealkylation sites (tertiary alicyclic amines) is 1. The fourth-order valence-corrected chi connectivity index (χ4v) is 3.05. The lowest BCUT2D eigenvalue weighted by Gasteiger charge is -2.31. The Morgan fingerprint density at radius 2 is 2.06 bits per heavy atom. The Hall–Kier alpha value is -0.120. The first-order valence-electron chi connectivity index (χ1n) is 5.91. The summed E-state index contributed by atoms with van der Waals surface area (Å²) in [5.74, 6) is 0.469. The number of halogens is 3. The molecule has 4 heteroatoms. The summed E-state index contributed by atoms with van der Waals surface area (Å²) in [5.41, 5.74) is 1.09. The van der Waals surface area contributed by atoms with Crippen molar-refractivity contribution >= 4 is 27.5 Å². The molecule has 94 valence electrons. The molecule has 0 aliphatic carbocycles. The van der Waals surface area contributed by atoms with E-state index in [9.17, 15) is 4.39 Å². The number of nitrogens with zero attached hydrogens (tertiary/aromatic N) is 1. The van der Waals surface area contributed by atoms with Crippen LogP contribution in [0.15, 0.2) is 18.2 Å². The second-order valence-electron chi connectivity index (χ2n) is 4.62. The Labute approximate surface area is 115 Å². The standard InChI is InChI=1S/C13H16BrClFN/c14-8-10-3-5-17(6-4-10)9-11-1-2-13(16)12(15)7-11/h1-2,7,10H,3-6,8-9H2. The highest BCUT2D eigenvalue weighted by Gasteiger charge is 2.18. The molecule has 1 aliphatic heterocycles. The van der Waals surface area contributed by atoms with E-state index in [2.05, 4.69) is 20.8 Å². The number of hydrogen-bond acceptors (Lipinski definition) is 1. The van der Waals surface area contributed by atoms with E-state index in [0.717, 1.165) is 36.4 Å². The quantitative estimate of drug-likeness (QED) is 0.758. The van der Waals surface area contributed by atoms with Gasteiger partial charge in [-0.3, -0.25) is 4.90 Å². The molecule has 0 spiro atoms. The zero-order chi connectivity index (χ0) is 12.3.